The highest BCUT2D eigenvalue weighted by molar-refractivity contribution is 7.21. The molecular weight excluding hydrogens is 414 g/mol. The molecular formula is C22H25N5O3S. The molecule has 2 aromatic heterocycles. The highest BCUT2D eigenvalue weighted by Gasteiger charge is 2.48. The molecule has 1 atom stereocenters. The summed E-state index contributed by atoms with van der Waals surface area (Å²) in [4.78, 5) is 37.8. The zero-order valence-corrected chi connectivity index (χ0v) is 18.4. The molecule has 2 aliphatic rings. The largest absolute Gasteiger partial charge is 0.370 e. The molecule has 0 bridgehead atoms. The first-order chi connectivity index (χ1) is 15.0. The van der Waals surface area contributed by atoms with Crippen molar-refractivity contribution < 1.29 is 9.53 Å². The molecule has 0 radical (unpaired) electrons. The summed E-state index contributed by atoms with van der Waals surface area (Å²) in [7, 11) is 3.38. The summed E-state index contributed by atoms with van der Waals surface area (Å²) < 4.78 is 7.19. The molecule has 8 nitrogen and oxygen atoms in total. The van der Waals surface area contributed by atoms with Crippen LogP contribution < -0.4 is 15.8 Å². The Morgan fingerprint density at radius 1 is 1.29 bits per heavy atom. The van der Waals surface area contributed by atoms with Crippen molar-refractivity contribution in [1.29, 1.82) is 0 Å². The van der Waals surface area contributed by atoms with Gasteiger partial charge in [0.1, 0.15) is 17.5 Å². The number of amides is 1. The van der Waals surface area contributed by atoms with E-state index in [2.05, 4.69) is 10.3 Å². The Balaban J connectivity index is 1.41. The minimum absolute atomic E-state index is 0.0153. The number of aromatic nitrogens is 3. The summed E-state index contributed by atoms with van der Waals surface area (Å²) in [5, 5.41) is 3.72. The number of nitrogens with one attached hydrogen (secondary N) is 1. The summed E-state index contributed by atoms with van der Waals surface area (Å²) in [6.45, 7) is 1.23. The van der Waals surface area contributed by atoms with Gasteiger partial charge < -0.3 is 15.0 Å². The number of carbonyl (C=O) groups excluding carboxylic acids is 1. The van der Waals surface area contributed by atoms with Gasteiger partial charge in [-0.25, -0.2) is 9.97 Å². The number of nitrogens with zero attached hydrogens (tertiary/aromatic N) is 4. The number of rotatable bonds is 6. The zero-order valence-electron chi connectivity index (χ0n) is 17.6. The van der Waals surface area contributed by atoms with Crippen molar-refractivity contribution in [3.63, 3.8) is 0 Å². The minimum atomic E-state index is -0.459. The number of ether oxygens (including phenoxy) is 1. The van der Waals surface area contributed by atoms with Crippen LogP contribution in [0.2, 0.25) is 0 Å². The topological polar surface area (TPSA) is 89.3 Å². The highest BCUT2D eigenvalue weighted by Crippen LogP contribution is 2.47. The van der Waals surface area contributed by atoms with Crippen molar-refractivity contribution in [2.75, 3.05) is 18.6 Å². The number of hydrogen-bond acceptors (Lipinski definition) is 7. The van der Waals surface area contributed by atoms with E-state index < -0.39 is 5.60 Å². The van der Waals surface area contributed by atoms with Crippen molar-refractivity contribution in [3.05, 3.63) is 52.1 Å². The lowest BCUT2D eigenvalue weighted by Gasteiger charge is -2.23. The van der Waals surface area contributed by atoms with Gasteiger partial charge in [-0.15, -0.1) is 0 Å². The Labute approximate surface area is 183 Å². The van der Waals surface area contributed by atoms with Crippen molar-refractivity contribution in [2.45, 2.75) is 43.9 Å². The van der Waals surface area contributed by atoms with Crippen molar-refractivity contribution in [2.24, 2.45) is 7.05 Å². The van der Waals surface area contributed by atoms with Gasteiger partial charge in [-0.1, -0.05) is 41.7 Å². The van der Waals surface area contributed by atoms with E-state index in [9.17, 15) is 9.59 Å². The quantitative estimate of drug-likeness (QED) is 0.634. The van der Waals surface area contributed by atoms with Gasteiger partial charge >= 0.3 is 0 Å². The van der Waals surface area contributed by atoms with E-state index in [-0.39, 0.29) is 17.5 Å². The second kappa shape index (κ2) is 7.72. The SMILES string of the molecule is COC1(c2nc3sc(N4CCC[C@@H]4C(=O)NCc4ccccc4)nc3c(=O)n2C)CC1. The lowest BCUT2D eigenvalue weighted by atomic mass is 10.2. The van der Waals surface area contributed by atoms with Crippen molar-refractivity contribution in [3.8, 4) is 0 Å². The molecule has 1 aromatic carbocycles. The fourth-order valence-corrected chi connectivity index (χ4v) is 5.28. The third kappa shape index (κ3) is 3.51. The Morgan fingerprint density at radius 2 is 2.06 bits per heavy atom. The van der Waals surface area contributed by atoms with Gasteiger partial charge in [0, 0.05) is 27.2 Å². The van der Waals surface area contributed by atoms with E-state index in [1.165, 1.54) is 11.3 Å². The summed E-state index contributed by atoms with van der Waals surface area (Å²) in [5.41, 5.74) is 0.788. The summed E-state index contributed by atoms with van der Waals surface area (Å²) in [5.74, 6) is 0.639. The van der Waals surface area contributed by atoms with Gasteiger partial charge in [0.15, 0.2) is 15.5 Å². The average Bonchev–Trinajstić information content (AvgIpc) is 3.22. The normalized spacial score (nSPS) is 19.7. The Kier molecular flexibility index (Phi) is 5.02. The predicted octanol–water partition coefficient (Wildman–Crippen LogP) is 2.31. The molecule has 1 N–H and O–H groups in total. The fourth-order valence-electron chi connectivity index (χ4n) is 4.28. The lowest BCUT2D eigenvalue weighted by molar-refractivity contribution is -0.122. The average molecular weight is 440 g/mol. The third-order valence-corrected chi connectivity index (χ3v) is 7.23. The standard InChI is InChI=1S/C22H25N5O3S/c1-26-19(29)16-18(25-20(26)22(30-2)10-11-22)31-21(24-16)27-12-6-9-15(27)17(28)23-13-14-7-4-3-5-8-14/h3-5,7-8,15H,6,9-13H2,1-2H3,(H,23,28)/t15-/m1/s1. The first-order valence-electron chi connectivity index (χ1n) is 10.5. The number of benzene rings is 1. The smallest absolute Gasteiger partial charge is 0.280 e. The van der Waals surface area contributed by atoms with Crippen molar-refractivity contribution >= 4 is 32.7 Å². The predicted molar refractivity (Wildman–Crippen MR) is 119 cm³/mol. The van der Waals surface area contributed by atoms with E-state index in [0.29, 0.717) is 27.8 Å². The molecule has 3 aromatic rings. The lowest BCUT2D eigenvalue weighted by Crippen LogP contribution is -2.43. The molecule has 0 unspecified atom stereocenters. The van der Waals surface area contributed by atoms with Crippen LogP contribution in [0.3, 0.4) is 0 Å². The first-order valence-corrected chi connectivity index (χ1v) is 11.4. The summed E-state index contributed by atoms with van der Waals surface area (Å²) in [6, 6.07) is 9.57. The maximum absolute atomic E-state index is 13.0. The molecule has 1 aliphatic carbocycles. The summed E-state index contributed by atoms with van der Waals surface area (Å²) in [6.07, 6.45) is 3.39. The molecule has 162 valence electrons. The van der Waals surface area contributed by atoms with Gasteiger partial charge in [0.05, 0.1) is 0 Å². The number of anilines is 1. The van der Waals surface area contributed by atoms with Gasteiger partial charge in [-0.2, -0.15) is 0 Å². The number of methoxy groups -OCH3 is 1. The molecule has 9 heteroatoms. The maximum atomic E-state index is 13.0. The molecule has 2 fully saturated rings. The molecule has 3 heterocycles. The molecule has 1 amide bonds. The highest BCUT2D eigenvalue weighted by atomic mass is 32.1. The van der Waals surface area contributed by atoms with Crippen LogP contribution in [-0.2, 0) is 28.7 Å². The Morgan fingerprint density at radius 3 is 2.77 bits per heavy atom. The molecule has 5 rings (SSSR count). The van der Waals surface area contributed by atoms with Gasteiger partial charge in [0.25, 0.3) is 5.56 Å². The third-order valence-electron chi connectivity index (χ3n) is 6.24. The van der Waals surface area contributed by atoms with Crippen LogP contribution in [0, 0.1) is 0 Å². The van der Waals surface area contributed by atoms with Crippen LogP contribution in [0.5, 0.6) is 0 Å². The molecule has 0 spiro atoms. The van der Waals surface area contributed by atoms with Gasteiger partial charge in [-0.3, -0.25) is 14.2 Å². The van der Waals surface area contributed by atoms with E-state index in [4.69, 9.17) is 9.72 Å². The minimum Gasteiger partial charge on any atom is -0.370 e. The number of hydrogen-bond donors (Lipinski definition) is 1. The Bertz CT molecular complexity index is 1190. The van der Waals surface area contributed by atoms with Crippen LogP contribution in [0.25, 0.3) is 10.3 Å². The summed E-state index contributed by atoms with van der Waals surface area (Å²) >= 11 is 1.38. The fraction of sp³-hybridized carbons (Fsp3) is 0.455. The second-order valence-electron chi connectivity index (χ2n) is 8.20. The van der Waals surface area contributed by atoms with Crippen LogP contribution in [0.15, 0.2) is 35.1 Å². The first kappa shape index (κ1) is 20.1. The number of carbonyl (C=O) groups is 1. The van der Waals surface area contributed by atoms with Crippen LogP contribution in [0.1, 0.15) is 37.1 Å². The van der Waals surface area contributed by atoms with E-state index in [1.807, 2.05) is 35.2 Å². The van der Waals surface area contributed by atoms with Crippen molar-refractivity contribution in [1.82, 2.24) is 19.9 Å². The Hall–Kier alpha value is -2.78. The van der Waals surface area contributed by atoms with Crippen LogP contribution >= 0.6 is 11.3 Å². The van der Waals surface area contributed by atoms with Crippen LogP contribution in [0.4, 0.5) is 5.13 Å². The van der Waals surface area contributed by atoms with E-state index >= 15 is 0 Å². The number of thiazole rings is 1. The monoisotopic (exact) mass is 439 g/mol. The molecule has 31 heavy (non-hydrogen) atoms. The second-order valence-corrected chi connectivity index (χ2v) is 9.16. The molecule has 1 saturated carbocycles. The number of fused-ring (bicyclic) bond motifs is 1. The molecule has 1 aliphatic heterocycles. The van der Waals surface area contributed by atoms with E-state index in [1.54, 1.807) is 18.7 Å². The maximum Gasteiger partial charge on any atom is 0.280 e. The molecule has 1 saturated heterocycles. The zero-order chi connectivity index (χ0) is 21.6. The van der Waals surface area contributed by atoms with Gasteiger partial charge in [-0.05, 0) is 31.2 Å². The van der Waals surface area contributed by atoms with Gasteiger partial charge in [0.2, 0.25) is 5.91 Å². The van der Waals surface area contributed by atoms with E-state index in [0.717, 1.165) is 37.8 Å². The van der Waals surface area contributed by atoms with Crippen LogP contribution in [-0.4, -0.2) is 40.1 Å².